The lowest BCUT2D eigenvalue weighted by atomic mass is 10.2. The summed E-state index contributed by atoms with van der Waals surface area (Å²) in [5.41, 5.74) is 2.97. The summed E-state index contributed by atoms with van der Waals surface area (Å²) in [7, 11) is 0. The van der Waals surface area contributed by atoms with E-state index in [1.165, 1.54) is 23.1 Å². The summed E-state index contributed by atoms with van der Waals surface area (Å²) < 4.78 is 25.6. The molecule has 0 radical (unpaired) electrons. The van der Waals surface area contributed by atoms with Gasteiger partial charge in [-0.2, -0.15) is 14.2 Å². The van der Waals surface area contributed by atoms with Gasteiger partial charge in [-0.1, -0.05) is 35.3 Å². The number of nitrogens with zero attached hydrogens (tertiary/aromatic N) is 2. The molecule has 1 heterocycles. The normalized spacial score (nSPS) is 23.0. The van der Waals surface area contributed by atoms with Gasteiger partial charge >= 0.3 is 9.95 Å². The van der Waals surface area contributed by atoms with E-state index in [0.717, 1.165) is 17.3 Å². The van der Waals surface area contributed by atoms with Gasteiger partial charge in [-0.25, -0.2) is 9.18 Å². The van der Waals surface area contributed by atoms with Crippen LogP contribution in [0.4, 0.5) is 19.3 Å². The van der Waals surface area contributed by atoms with E-state index in [-0.39, 0.29) is 11.6 Å². The van der Waals surface area contributed by atoms with E-state index >= 15 is 0 Å². The Labute approximate surface area is 134 Å². The maximum Gasteiger partial charge on any atom is 0.351 e. The van der Waals surface area contributed by atoms with Crippen molar-refractivity contribution in [3.63, 3.8) is 0 Å². The maximum atomic E-state index is 14.0. The summed E-state index contributed by atoms with van der Waals surface area (Å²) in [6, 6.07) is 5.34. The SMILES string of the molecule is O=C1N(SC(F)(Cl)Cl)NC(C2CC2)N1c1ccccc1F. The van der Waals surface area contributed by atoms with Gasteiger partial charge in [0.25, 0.3) is 0 Å². The second-order valence-electron chi connectivity index (χ2n) is 4.85. The Balaban J connectivity index is 1.90. The zero-order chi connectivity index (χ0) is 15.2. The predicted molar refractivity (Wildman–Crippen MR) is 78.9 cm³/mol. The third kappa shape index (κ3) is 3.21. The Morgan fingerprint density at radius 1 is 1.33 bits per heavy atom. The lowest BCUT2D eigenvalue weighted by molar-refractivity contribution is 0.235. The summed E-state index contributed by atoms with van der Waals surface area (Å²) in [4.78, 5) is 13.7. The Hall–Kier alpha value is -0.760. The highest BCUT2D eigenvalue weighted by molar-refractivity contribution is 8.01. The van der Waals surface area contributed by atoms with Gasteiger partial charge in [-0.15, -0.1) is 0 Å². The first kappa shape index (κ1) is 15.1. The van der Waals surface area contributed by atoms with Crippen molar-refractivity contribution in [1.82, 2.24) is 9.84 Å². The molecule has 1 unspecified atom stereocenters. The number of nitrogens with one attached hydrogen (secondary N) is 1. The molecule has 2 fully saturated rings. The molecule has 1 aromatic rings. The molecule has 1 atom stereocenters. The number of amides is 2. The van der Waals surface area contributed by atoms with Crippen LogP contribution in [0, 0.1) is 11.7 Å². The first-order chi connectivity index (χ1) is 9.87. The van der Waals surface area contributed by atoms with E-state index in [4.69, 9.17) is 23.2 Å². The summed E-state index contributed by atoms with van der Waals surface area (Å²) >= 11 is 10.9. The van der Waals surface area contributed by atoms with E-state index in [0.29, 0.717) is 11.9 Å². The minimum atomic E-state index is -2.65. The van der Waals surface area contributed by atoms with Crippen molar-refractivity contribution in [2.75, 3.05) is 4.90 Å². The molecule has 3 rings (SSSR count). The molecule has 114 valence electrons. The van der Waals surface area contributed by atoms with Crippen molar-refractivity contribution < 1.29 is 13.6 Å². The van der Waals surface area contributed by atoms with Gasteiger partial charge in [-0.3, -0.25) is 4.90 Å². The number of carbonyl (C=O) groups excluding carboxylic acids is 1. The van der Waals surface area contributed by atoms with Crippen LogP contribution >= 0.6 is 35.1 Å². The number of halogens is 4. The Morgan fingerprint density at radius 3 is 2.57 bits per heavy atom. The number of rotatable bonds is 4. The van der Waals surface area contributed by atoms with Gasteiger partial charge in [0, 0.05) is 11.9 Å². The number of para-hydroxylation sites is 1. The average Bonchev–Trinajstić information content (AvgIpc) is 3.17. The lowest BCUT2D eigenvalue weighted by Gasteiger charge is -2.22. The van der Waals surface area contributed by atoms with Gasteiger partial charge in [0.1, 0.15) is 12.0 Å². The molecule has 9 heteroatoms. The standard InChI is InChI=1S/C12H11Cl2F2N3OS/c13-12(14,16)21-19-11(20)18(10(17-19)7-5-6-7)9-4-2-1-3-8(9)15/h1-4,7,10,17H,5-6H2. The molecule has 2 amide bonds. The molecular formula is C12H11Cl2F2N3OS. The van der Waals surface area contributed by atoms with Crippen molar-refractivity contribution in [1.29, 1.82) is 0 Å². The van der Waals surface area contributed by atoms with E-state index < -0.39 is 21.9 Å². The molecule has 2 aliphatic rings. The molecule has 0 bridgehead atoms. The zero-order valence-electron chi connectivity index (χ0n) is 10.6. The number of alkyl halides is 3. The second kappa shape index (κ2) is 5.46. The first-order valence-electron chi connectivity index (χ1n) is 6.27. The van der Waals surface area contributed by atoms with Crippen LogP contribution in [0.2, 0.25) is 0 Å². The fourth-order valence-corrected chi connectivity index (χ4v) is 3.19. The molecule has 4 nitrogen and oxygen atoms in total. The number of benzene rings is 1. The molecule has 0 aromatic heterocycles. The minimum Gasteiger partial charge on any atom is -0.272 e. The Morgan fingerprint density at radius 2 is 2.00 bits per heavy atom. The summed E-state index contributed by atoms with van der Waals surface area (Å²) in [5, 5.41) is 0. The Kier molecular flexibility index (Phi) is 3.94. The number of hydrazine groups is 1. The first-order valence-corrected chi connectivity index (χ1v) is 7.79. The zero-order valence-corrected chi connectivity index (χ0v) is 12.9. The van der Waals surface area contributed by atoms with Crippen LogP contribution in [-0.4, -0.2) is 20.5 Å². The molecule has 1 aromatic carbocycles. The van der Waals surface area contributed by atoms with Gasteiger partial charge in [0.15, 0.2) is 0 Å². The average molecular weight is 354 g/mol. The van der Waals surface area contributed by atoms with Crippen LogP contribution < -0.4 is 10.3 Å². The molecule has 1 aliphatic heterocycles. The fourth-order valence-electron chi connectivity index (χ4n) is 2.25. The van der Waals surface area contributed by atoms with Gasteiger partial charge in [0.05, 0.1) is 5.69 Å². The number of urea groups is 1. The highest BCUT2D eigenvalue weighted by atomic mass is 35.5. The molecule has 1 N–H and O–H groups in total. The van der Waals surface area contributed by atoms with Gasteiger partial charge in [-0.05, 0) is 30.9 Å². The van der Waals surface area contributed by atoms with Crippen LogP contribution in [0.15, 0.2) is 24.3 Å². The largest absolute Gasteiger partial charge is 0.351 e. The second-order valence-corrected chi connectivity index (χ2v) is 7.64. The van der Waals surface area contributed by atoms with Crippen LogP contribution in [0.5, 0.6) is 0 Å². The topological polar surface area (TPSA) is 35.6 Å². The van der Waals surface area contributed by atoms with Crippen molar-refractivity contribution >= 4 is 46.9 Å². The van der Waals surface area contributed by atoms with Crippen molar-refractivity contribution in [3.05, 3.63) is 30.1 Å². The van der Waals surface area contributed by atoms with Crippen LogP contribution in [0.1, 0.15) is 12.8 Å². The molecular weight excluding hydrogens is 343 g/mol. The molecule has 21 heavy (non-hydrogen) atoms. The third-order valence-electron chi connectivity index (χ3n) is 3.28. The van der Waals surface area contributed by atoms with E-state index in [9.17, 15) is 13.6 Å². The molecule has 1 saturated heterocycles. The number of carbonyl (C=O) groups is 1. The fraction of sp³-hybridized carbons (Fsp3) is 0.417. The van der Waals surface area contributed by atoms with Crippen molar-refractivity contribution in [2.45, 2.75) is 22.9 Å². The summed E-state index contributed by atoms with van der Waals surface area (Å²) in [6.45, 7) is 0. The third-order valence-corrected chi connectivity index (χ3v) is 4.35. The van der Waals surface area contributed by atoms with Gasteiger partial charge < -0.3 is 0 Å². The number of hydrogen-bond donors (Lipinski definition) is 1. The number of anilines is 1. The van der Waals surface area contributed by atoms with Crippen LogP contribution in [0.25, 0.3) is 0 Å². The lowest BCUT2D eigenvalue weighted by Crippen LogP contribution is -2.39. The highest BCUT2D eigenvalue weighted by Crippen LogP contribution is 2.44. The quantitative estimate of drug-likeness (QED) is 0.656. The summed E-state index contributed by atoms with van der Waals surface area (Å²) in [5.74, 6) is -0.327. The van der Waals surface area contributed by atoms with Crippen LogP contribution in [-0.2, 0) is 0 Å². The van der Waals surface area contributed by atoms with Gasteiger partial charge in [0.2, 0.25) is 0 Å². The van der Waals surface area contributed by atoms with E-state index in [1.807, 2.05) is 0 Å². The van der Waals surface area contributed by atoms with Crippen molar-refractivity contribution in [3.8, 4) is 0 Å². The Bertz CT molecular complexity index is 568. The molecule has 1 saturated carbocycles. The summed E-state index contributed by atoms with van der Waals surface area (Å²) in [6.07, 6.45) is 1.39. The van der Waals surface area contributed by atoms with E-state index in [2.05, 4.69) is 5.43 Å². The monoisotopic (exact) mass is 353 g/mol. The number of hydrogen-bond acceptors (Lipinski definition) is 3. The minimum absolute atomic E-state index is 0.142. The predicted octanol–water partition coefficient (Wildman–Crippen LogP) is 4.02. The van der Waals surface area contributed by atoms with Crippen LogP contribution in [0.3, 0.4) is 0 Å². The van der Waals surface area contributed by atoms with Crippen molar-refractivity contribution in [2.24, 2.45) is 5.92 Å². The maximum absolute atomic E-state index is 14.0. The van der Waals surface area contributed by atoms with E-state index in [1.54, 1.807) is 6.07 Å². The molecule has 1 aliphatic carbocycles. The highest BCUT2D eigenvalue weighted by Gasteiger charge is 2.49. The molecule has 0 spiro atoms. The smallest absolute Gasteiger partial charge is 0.272 e.